The van der Waals surface area contributed by atoms with E-state index in [1.165, 1.54) is 63.9 Å². The third kappa shape index (κ3) is 18.4. The van der Waals surface area contributed by atoms with Crippen molar-refractivity contribution in [3.63, 3.8) is 0 Å². The number of carbonyl (C=O) groups is 1. The Kier molecular flexibility index (Phi) is 16.2. The smallest absolute Gasteiger partial charge is 0.328 e. The Morgan fingerprint density at radius 2 is 1.23 bits per heavy atom. The van der Waals surface area contributed by atoms with Crippen molar-refractivity contribution in [3.8, 4) is 0 Å². The predicted molar refractivity (Wildman–Crippen MR) is 96.0 cm³/mol. The quantitative estimate of drug-likeness (QED) is 0.235. The first-order valence-corrected chi connectivity index (χ1v) is 8.67. The molecule has 0 radical (unpaired) electrons. The minimum Gasteiger partial charge on any atom is -0.478 e. The van der Waals surface area contributed by atoms with Gasteiger partial charge in [0, 0.05) is 6.08 Å². The molecule has 2 nitrogen and oxygen atoms in total. The van der Waals surface area contributed by atoms with E-state index in [1.807, 2.05) is 18.2 Å². The maximum absolute atomic E-state index is 10.2. The lowest BCUT2D eigenvalue weighted by Gasteiger charge is -2.00. The summed E-state index contributed by atoms with van der Waals surface area (Å²) in [5, 5.41) is 8.39. The number of carboxylic acid groups (broad SMARTS) is 1. The van der Waals surface area contributed by atoms with Crippen molar-refractivity contribution in [2.24, 2.45) is 0 Å². The van der Waals surface area contributed by atoms with Crippen LogP contribution < -0.4 is 0 Å². The number of carboxylic acids is 1. The highest BCUT2D eigenvalue weighted by Gasteiger charge is 1.90. The van der Waals surface area contributed by atoms with Gasteiger partial charge in [-0.1, -0.05) is 101 Å². The Balaban J connectivity index is 3.35. The van der Waals surface area contributed by atoms with E-state index in [1.54, 1.807) is 6.08 Å². The van der Waals surface area contributed by atoms with Crippen LogP contribution in [0.5, 0.6) is 0 Å². The molecule has 0 aliphatic heterocycles. The molecule has 0 atom stereocenters. The van der Waals surface area contributed by atoms with Crippen LogP contribution in [0.15, 0.2) is 48.6 Å². The number of hydrogen-bond donors (Lipinski definition) is 1. The van der Waals surface area contributed by atoms with Crippen molar-refractivity contribution in [2.45, 2.75) is 71.1 Å². The molecule has 0 saturated heterocycles. The summed E-state index contributed by atoms with van der Waals surface area (Å²) in [5.74, 6) is -0.922. The zero-order chi connectivity index (χ0) is 16.3. The topological polar surface area (TPSA) is 37.3 Å². The molecule has 0 fully saturated rings. The van der Waals surface area contributed by atoms with Crippen LogP contribution in [-0.4, -0.2) is 11.1 Å². The molecule has 0 aliphatic rings. The van der Waals surface area contributed by atoms with E-state index in [9.17, 15) is 4.79 Å². The molecule has 0 amide bonds. The number of hydrogen-bond acceptors (Lipinski definition) is 1. The summed E-state index contributed by atoms with van der Waals surface area (Å²) in [6, 6.07) is 0. The number of aliphatic carboxylic acids is 1. The number of unbranched alkanes of at least 4 members (excludes halogenated alkanes) is 9. The minimum absolute atomic E-state index is 0.922. The van der Waals surface area contributed by atoms with Crippen LogP contribution in [0.25, 0.3) is 0 Å². The van der Waals surface area contributed by atoms with E-state index in [2.05, 4.69) is 19.1 Å². The van der Waals surface area contributed by atoms with E-state index in [0.29, 0.717) is 0 Å². The highest BCUT2D eigenvalue weighted by atomic mass is 16.4. The van der Waals surface area contributed by atoms with Crippen molar-refractivity contribution in [1.29, 1.82) is 0 Å². The first kappa shape index (κ1) is 20.4. The molecule has 22 heavy (non-hydrogen) atoms. The lowest BCUT2D eigenvalue weighted by atomic mass is 10.1. The van der Waals surface area contributed by atoms with Crippen LogP contribution in [0.2, 0.25) is 0 Å². The zero-order valence-electron chi connectivity index (χ0n) is 14.0. The van der Waals surface area contributed by atoms with E-state index in [-0.39, 0.29) is 0 Å². The molecule has 0 aromatic carbocycles. The molecule has 1 N–H and O–H groups in total. The van der Waals surface area contributed by atoms with E-state index in [4.69, 9.17) is 5.11 Å². The van der Waals surface area contributed by atoms with Crippen LogP contribution in [0.1, 0.15) is 71.1 Å². The Labute approximate surface area is 136 Å². The van der Waals surface area contributed by atoms with Gasteiger partial charge in [0.15, 0.2) is 0 Å². The SMILES string of the molecule is CCCCCCCCCCCC=CC=CC=C/C=C/C(=O)O. The van der Waals surface area contributed by atoms with Gasteiger partial charge < -0.3 is 5.11 Å². The van der Waals surface area contributed by atoms with Gasteiger partial charge in [-0.2, -0.15) is 0 Å². The normalized spacial score (nSPS) is 12.4. The van der Waals surface area contributed by atoms with Crippen LogP contribution in [-0.2, 0) is 4.79 Å². The Hall–Kier alpha value is -1.57. The zero-order valence-corrected chi connectivity index (χ0v) is 14.0. The molecule has 0 bridgehead atoms. The first-order chi connectivity index (χ1) is 10.8. The van der Waals surface area contributed by atoms with Crippen LogP contribution >= 0.6 is 0 Å². The van der Waals surface area contributed by atoms with Crippen LogP contribution in [0.4, 0.5) is 0 Å². The molecule has 0 unspecified atom stereocenters. The Bertz CT molecular complexity index is 362. The van der Waals surface area contributed by atoms with Crippen molar-refractivity contribution < 1.29 is 9.90 Å². The average molecular weight is 304 g/mol. The largest absolute Gasteiger partial charge is 0.478 e. The minimum atomic E-state index is -0.922. The third-order valence-corrected chi connectivity index (χ3v) is 3.40. The van der Waals surface area contributed by atoms with Crippen LogP contribution in [0, 0.1) is 0 Å². The monoisotopic (exact) mass is 304 g/mol. The highest BCUT2D eigenvalue weighted by Crippen LogP contribution is 2.10. The fraction of sp³-hybridized carbons (Fsp3) is 0.550. The van der Waals surface area contributed by atoms with E-state index < -0.39 is 5.97 Å². The number of rotatable bonds is 14. The van der Waals surface area contributed by atoms with Gasteiger partial charge in [0.1, 0.15) is 0 Å². The fourth-order valence-electron chi connectivity index (χ4n) is 2.14. The molecule has 0 heterocycles. The van der Waals surface area contributed by atoms with Gasteiger partial charge in [0.25, 0.3) is 0 Å². The second-order valence-electron chi connectivity index (χ2n) is 5.51. The highest BCUT2D eigenvalue weighted by molar-refractivity contribution is 5.80. The Morgan fingerprint density at radius 3 is 1.82 bits per heavy atom. The molecule has 0 aromatic rings. The summed E-state index contributed by atoms with van der Waals surface area (Å²) in [4.78, 5) is 10.2. The third-order valence-electron chi connectivity index (χ3n) is 3.40. The van der Waals surface area contributed by atoms with Crippen LogP contribution in [0.3, 0.4) is 0 Å². The Morgan fingerprint density at radius 1 is 0.727 bits per heavy atom. The van der Waals surface area contributed by atoms with Gasteiger partial charge in [-0.25, -0.2) is 4.79 Å². The molecule has 0 spiro atoms. The van der Waals surface area contributed by atoms with E-state index >= 15 is 0 Å². The van der Waals surface area contributed by atoms with Crippen molar-refractivity contribution in [2.75, 3.05) is 0 Å². The molecule has 0 aromatic heterocycles. The van der Waals surface area contributed by atoms with Gasteiger partial charge in [-0.15, -0.1) is 0 Å². The number of allylic oxidation sites excluding steroid dienone is 7. The molecule has 124 valence electrons. The predicted octanol–water partition coefficient (Wildman–Crippen LogP) is 6.22. The summed E-state index contributed by atoms with van der Waals surface area (Å²) >= 11 is 0. The summed E-state index contributed by atoms with van der Waals surface area (Å²) in [7, 11) is 0. The first-order valence-electron chi connectivity index (χ1n) is 8.67. The maximum atomic E-state index is 10.2. The van der Waals surface area contributed by atoms with Crippen molar-refractivity contribution in [1.82, 2.24) is 0 Å². The van der Waals surface area contributed by atoms with Crippen molar-refractivity contribution >= 4 is 5.97 Å². The van der Waals surface area contributed by atoms with Gasteiger partial charge in [-0.05, 0) is 12.8 Å². The summed E-state index contributed by atoms with van der Waals surface area (Å²) in [5.41, 5.74) is 0. The molecule has 0 rings (SSSR count). The fourth-order valence-corrected chi connectivity index (χ4v) is 2.14. The second kappa shape index (κ2) is 17.5. The van der Waals surface area contributed by atoms with Gasteiger partial charge in [0.2, 0.25) is 0 Å². The average Bonchev–Trinajstić information content (AvgIpc) is 2.50. The lowest BCUT2D eigenvalue weighted by Crippen LogP contribution is -1.84. The molecule has 0 saturated carbocycles. The van der Waals surface area contributed by atoms with E-state index in [0.717, 1.165) is 12.5 Å². The molecule has 0 aliphatic carbocycles. The second-order valence-corrected chi connectivity index (χ2v) is 5.51. The van der Waals surface area contributed by atoms with Gasteiger partial charge in [0.05, 0.1) is 0 Å². The van der Waals surface area contributed by atoms with Gasteiger partial charge >= 0.3 is 5.97 Å². The molecular weight excluding hydrogens is 272 g/mol. The summed E-state index contributed by atoms with van der Waals surface area (Å²) in [6.45, 7) is 2.26. The maximum Gasteiger partial charge on any atom is 0.328 e. The standard InChI is InChI=1S/C20H32O2/c1-2-3-4-5-6-7-8-9-10-11-12-13-14-15-16-17-18-19-20(21)22/h12-19H,2-11H2,1H3,(H,21,22)/b13-12?,15-14?,17-16?,19-18+. The van der Waals surface area contributed by atoms with Crippen molar-refractivity contribution in [3.05, 3.63) is 48.6 Å². The molecular formula is C20H32O2. The summed E-state index contributed by atoms with van der Waals surface area (Å²) in [6.07, 6.45) is 27.7. The lowest BCUT2D eigenvalue weighted by molar-refractivity contribution is -0.131. The molecule has 2 heteroatoms. The summed E-state index contributed by atoms with van der Waals surface area (Å²) < 4.78 is 0. The van der Waals surface area contributed by atoms with Gasteiger partial charge in [-0.3, -0.25) is 0 Å².